The van der Waals surface area contributed by atoms with Gasteiger partial charge in [-0.3, -0.25) is 4.79 Å². The number of thiophene rings is 1. The topological polar surface area (TPSA) is 17.1 Å². The van der Waals surface area contributed by atoms with Crippen LogP contribution in [0.4, 0.5) is 4.39 Å². The molecule has 17 heavy (non-hydrogen) atoms. The molecule has 3 heteroatoms. The molecule has 2 aromatic rings. The zero-order valence-corrected chi connectivity index (χ0v) is 10.6. The summed E-state index contributed by atoms with van der Waals surface area (Å²) >= 11 is 1.43. The van der Waals surface area contributed by atoms with Gasteiger partial charge in [-0.25, -0.2) is 4.39 Å². The van der Waals surface area contributed by atoms with Gasteiger partial charge in [-0.1, -0.05) is 18.2 Å². The maximum atomic E-state index is 12.9. The Morgan fingerprint density at radius 3 is 2.35 bits per heavy atom. The van der Waals surface area contributed by atoms with Crippen LogP contribution in [0.2, 0.25) is 0 Å². The number of benzene rings is 1. The molecule has 0 amide bonds. The van der Waals surface area contributed by atoms with Gasteiger partial charge in [0.05, 0.1) is 10.3 Å². The number of ketones is 1. The normalized spacial score (nSPS) is 11.5. The summed E-state index contributed by atoms with van der Waals surface area (Å²) in [4.78, 5) is 13.1. The molecule has 0 aliphatic carbocycles. The zero-order valence-electron chi connectivity index (χ0n) is 9.74. The Labute approximate surface area is 104 Å². The Morgan fingerprint density at radius 2 is 1.82 bits per heavy atom. The molecular formula is C14H13FOS. The molecule has 0 saturated heterocycles. The number of rotatable bonds is 3. The van der Waals surface area contributed by atoms with E-state index >= 15 is 0 Å². The van der Waals surface area contributed by atoms with Crippen LogP contribution in [0.5, 0.6) is 0 Å². The van der Waals surface area contributed by atoms with Crippen molar-refractivity contribution in [3.05, 3.63) is 58.0 Å². The largest absolute Gasteiger partial charge is 0.292 e. The van der Waals surface area contributed by atoms with Crippen LogP contribution < -0.4 is 0 Å². The lowest BCUT2D eigenvalue weighted by Gasteiger charge is -2.22. The smallest absolute Gasteiger partial charge is 0.182 e. The first-order valence-corrected chi connectivity index (χ1v) is 6.24. The summed E-state index contributed by atoms with van der Waals surface area (Å²) in [5, 5.41) is 1.88. The number of halogens is 1. The molecule has 0 radical (unpaired) electrons. The van der Waals surface area contributed by atoms with E-state index in [1.165, 1.54) is 23.5 Å². The third kappa shape index (κ3) is 2.29. The standard InChI is InChI=1S/C14H13FOS/c1-14(2,10-5-7-11(15)8-6-10)13(16)12-4-3-9-17-12/h3-9H,1-2H3. The van der Waals surface area contributed by atoms with Crippen molar-refractivity contribution in [1.29, 1.82) is 0 Å². The number of hydrogen-bond donors (Lipinski definition) is 0. The van der Waals surface area contributed by atoms with E-state index in [1.807, 2.05) is 31.4 Å². The Bertz CT molecular complexity index is 512. The van der Waals surface area contributed by atoms with E-state index in [0.717, 1.165) is 10.4 Å². The third-order valence-electron chi connectivity index (χ3n) is 2.88. The van der Waals surface area contributed by atoms with E-state index < -0.39 is 5.41 Å². The fourth-order valence-electron chi connectivity index (χ4n) is 1.71. The lowest BCUT2D eigenvalue weighted by molar-refractivity contribution is 0.0913. The van der Waals surface area contributed by atoms with E-state index in [9.17, 15) is 9.18 Å². The lowest BCUT2D eigenvalue weighted by Crippen LogP contribution is -2.28. The van der Waals surface area contributed by atoms with Crippen molar-refractivity contribution in [2.45, 2.75) is 19.3 Å². The highest BCUT2D eigenvalue weighted by molar-refractivity contribution is 7.12. The first kappa shape index (κ1) is 12.0. The van der Waals surface area contributed by atoms with Gasteiger partial charge in [0.2, 0.25) is 0 Å². The van der Waals surface area contributed by atoms with Gasteiger partial charge in [0, 0.05) is 0 Å². The number of Topliss-reactive ketones (excluding diaryl/α,β-unsaturated/α-hetero) is 1. The van der Waals surface area contributed by atoms with Crippen LogP contribution in [-0.2, 0) is 5.41 Å². The summed E-state index contributed by atoms with van der Waals surface area (Å²) in [6, 6.07) is 9.79. The minimum absolute atomic E-state index is 0.0686. The molecule has 88 valence electrons. The molecule has 0 bridgehead atoms. The van der Waals surface area contributed by atoms with E-state index in [4.69, 9.17) is 0 Å². The minimum Gasteiger partial charge on any atom is -0.292 e. The second-order valence-corrected chi connectivity index (χ2v) is 5.39. The Morgan fingerprint density at radius 1 is 1.18 bits per heavy atom. The molecular weight excluding hydrogens is 235 g/mol. The molecule has 0 spiro atoms. The molecule has 0 saturated carbocycles. The van der Waals surface area contributed by atoms with Crippen molar-refractivity contribution in [2.24, 2.45) is 0 Å². The highest BCUT2D eigenvalue weighted by Gasteiger charge is 2.31. The Hall–Kier alpha value is -1.48. The molecule has 1 heterocycles. The fourth-order valence-corrected chi connectivity index (χ4v) is 2.54. The van der Waals surface area contributed by atoms with Crippen molar-refractivity contribution in [3.8, 4) is 0 Å². The van der Waals surface area contributed by atoms with Crippen molar-refractivity contribution in [3.63, 3.8) is 0 Å². The van der Waals surface area contributed by atoms with Crippen LogP contribution in [0.25, 0.3) is 0 Å². The number of hydrogen-bond acceptors (Lipinski definition) is 2. The number of carbonyl (C=O) groups is 1. The van der Waals surface area contributed by atoms with E-state index in [1.54, 1.807) is 12.1 Å². The van der Waals surface area contributed by atoms with Crippen LogP contribution >= 0.6 is 11.3 Å². The third-order valence-corrected chi connectivity index (χ3v) is 3.75. The van der Waals surface area contributed by atoms with Crippen molar-refractivity contribution >= 4 is 17.1 Å². The molecule has 0 fully saturated rings. The van der Waals surface area contributed by atoms with Gasteiger partial charge < -0.3 is 0 Å². The van der Waals surface area contributed by atoms with Crippen molar-refractivity contribution in [2.75, 3.05) is 0 Å². The van der Waals surface area contributed by atoms with Gasteiger partial charge in [0.1, 0.15) is 5.82 Å². The van der Waals surface area contributed by atoms with Crippen LogP contribution in [0.15, 0.2) is 41.8 Å². The average molecular weight is 248 g/mol. The van der Waals surface area contributed by atoms with Crippen molar-refractivity contribution < 1.29 is 9.18 Å². The SMILES string of the molecule is CC(C)(C(=O)c1cccs1)c1ccc(F)cc1. The van der Waals surface area contributed by atoms with E-state index in [-0.39, 0.29) is 11.6 Å². The van der Waals surface area contributed by atoms with Gasteiger partial charge in [-0.05, 0) is 43.0 Å². The predicted molar refractivity (Wildman–Crippen MR) is 68.1 cm³/mol. The molecule has 0 aliphatic rings. The molecule has 1 aromatic heterocycles. The first-order valence-electron chi connectivity index (χ1n) is 5.36. The van der Waals surface area contributed by atoms with Gasteiger partial charge >= 0.3 is 0 Å². The lowest BCUT2D eigenvalue weighted by atomic mass is 9.80. The minimum atomic E-state index is -0.626. The van der Waals surface area contributed by atoms with Gasteiger partial charge in [-0.2, -0.15) is 0 Å². The van der Waals surface area contributed by atoms with E-state index in [2.05, 4.69) is 0 Å². The predicted octanol–water partition coefficient (Wildman–Crippen LogP) is 4.05. The molecule has 0 atom stereocenters. The van der Waals surface area contributed by atoms with Gasteiger partial charge in [0.25, 0.3) is 0 Å². The number of carbonyl (C=O) groups excluding carboxylic acids is 1. The summed E-state index contributed by atoms with van der Waals surface area (Å²) in [6.45, 7) is 3.73. The fraction of sp³-hybridized carbons (Fsp3) is 0.214. The van der Waals surface area contributed by atoms with E-state index in [0.29, 0.717) is 0 Å². The maximum absolute atomic E-state index is 12.9. The van der Waals surface area contributed by atoms with Crippen molar-refractivity contribution in [1.82, 2.24) is 0 Å². The second kappa shape index (κ2) is 4.41. The van der Waals surface area contributed by atoms with Gasteiger partial charge in [0.15, 0.2) is 5.78 Å². The van der Waals surface area contributed by atoms with Crippen LogP contribution in [0.3, 0.4) is 0 Å². The van der Waals surface area contributed by atoms with Crippen LogP contribution in [0, 0.1) is 5.82 Å². The summed E-state index contributed by atoms with van der Waals surface area (Å²) in [5.41, 5.74) is 0.204. The molecule has 1 nitrogen and oxygen atoms in total. The summed E-state index contributed by atoms with van der Waals surface area (Å²) < 4.78 is 12.9. The molecule has 0 N–H and O–H groups in total. The summed E-state index contributed by atoms with van der Waals surface area (Å²) in [5.74, 6) is -0.216. The molecule has 0 unspecified atom stereocenters. The second-order valence-electron chi connectivity index (χ2n) is 4.44. The maximum Gasteiger partial charge on any atom is 0.182 e. The van der Waals surface area contributed by atoms with Crippen LogP contribution in [0.1, 0.15) is 29.1 Å². The average Bonchev–Trinajstić information content (AvgIpc) is 2.82. The highest BCUT2D eigenvalue weighted by atomic mass is 32.1. The molecule has 2 rings (SSSR count). The summed E-state index contributed by atoms with van der Waals surface area (Å²) in [7, 11) is 0. The first-order chi connectivity index (χ1) is 8.01. The monoisotopic (exact) mass is 248 g/mol. The van der Waals surface area contributed by atoms with Gasteiger partial charge in [-0.15, -0.1) is 11.3 Å². The highest BCUT2D eigenvalue weighted by Crippen LogP contribution is 2.29. The molecule has 1 aromatic carbocycles. The quantitative estimate of drug-likeness (QED) is 0.749. The Balaban J connectivity index is 2.36. The molecule has 0 aliphatic heterocycles. The Kier molecular flexibility index (Phi) is 3.11. The van der Waals surface area contributed by atoms with Crippen LogP contribution in [-0.4, -0.2) is 5.78 Å². The zero-order chi connectivity index (χ0) is 12.5. The summed E-state index contributed by atoms with van der Waals surface area (Å²) in [6.07, 6.45) is 0.